The summed E-state index contributed by atoms with van der Waals surface area (Å²) in [6.07, 6.45) is 1.96. The third-order valence-electron chi connectivity index (χ3n) is 3.28. The summed E-state index contributed by atoms with van der Waals surface area (Å²) in [6.45, 7) is 8.37. The summed E-state index contributed by atoms with van der Waals surface area (Å²) in [5, 5.41) is 0. The maximum Gasteiger partial charge on any atom is 0.253 e. The Bertz CT molecular complexity index is 428. The summed E-state index contributed by atoms with van der Waals surface area (Å²) >= 11 is 0. The molecule has 94 valence electrons. The Labute approximate surface area is 102 Å². The molecule has 0 N–H and O–H groups in total. The molecule has 4 nitrogen and oxygen atoms in total. The zero-order valence-corrected chi connectivity index (χ0v) is 10.6. The van der Waals surface area contributed by atoms with E-state index in [1.54, 1.807) is 4.57 Å². The molecule has 1 unspecified atom stereocenters. The van der Waals surface area contributed by atoms with Gasteiger partial charge in [0, 0.05) is 24.8 Å². The van der Waals surface area contributed by atoms with Gasteiger partial charge in [-0.1, -0.05) is 13.0 Å². The maximum atomic E-state index is 11.9. The van der Waals surface area contributed by atoms with Crippen molar-refractivity contribution in [2.75, 3.05) is 26.2 Å². The van der Waals surface area contributed by atoms with Crippen LogP contribution in [0.2, 0.25) is 0 Å². The SMILES string of the molecule is CCN1CCOC(Cn2cccc(C)c2=O)C1. The van der Waals surface area contributed by atoms with Gasteiger partial charge in [0.15, 0.2) is 0 Å². The Morgan fingerprint density at radius 1 is 1.53 bits per heavy atom. The highest BCUT2D eigenvalue weighted by molar-refractivity contribution is 5.07. The minimum absolute atomic E-state index is 0.0877. The Morgan fingerprint density at radius 2 is 2.35 bits per heavy atom. The molecule has 2 heterocycles. The van der Waals surface area contributed by atoms with Crippen LogP contribution in [0, 0.1) is 6.92 Å². The fourth-order valence-electron chi connectivity index (χ4n) is 2.20. The van der Waals surface area contributed by atoms with Crippen LogP contribution in [0.25, 0.3) is 0 Å². The molecular weight excluding hydrogens is 216 g/mol. The summed E-state index contributed by atoms with van der Waals surface area (Å²) in [6, 6.07) is 3.76. The molecule has 1 aliphatic heterocycles. The number of ether oxygens (including phenoxy) is 1. The number of aryl methyl sites for hydroxylation is 1. The second-order valence-corrected chi connectivity index (χ2v) is 4.53. The molecule has 1 aliphatic rings. The number of hydrogen-bond acceptors (Lipinski definition) is 3. The van der Waals surface area contributed by atoms with Crippen LogP contribution < -0.4 is 5.56 Å². The van der Waals surface area contributed by atoms with Gasteiger partial charge in [0.2, 0.25) is 0 Å². The lowest BCUT2D eigenvalue weighted by Crippen LogP contribution is -2.45. The van der Waals surface area contributed by atoms with Crippen molar-refractivity contribution in [1.29, 1.82) is 0 Å². The number of pyridine rings is 1. The summed E-state index contributed by atoms with van der Waals surface area (Å²) in [5.41, 5.74) is 0.875. The quantitative estimate of drug-likeness (QED) is 0.781. The predicted octanol–water partition coefficient (Wildman–Crippen LogP) is 0.877. The first-order chi connectivity index (χ1) is 8.20. The van der Waals surface area contributed by atoms with Crippen LogP contribution in [0.15, 0.2) is 23.1 Å². The smallest absolute Gasteiger partial charge is 0.253 e. The van der Waals surface area contributed by atoms with Crippen LogP contribution in [0.1, 0.15) is 12.5 Å². The largest absolute Gasteiger partial charge is 0.374 e. The first-order valence-electron chi connectivity index (χ1n) is 6.20. The molecule has 0 radical (unpaired) electrons. The normalized spacial score (nSPS) is 21.6. The van der Waals surface area contributed by atoms with Crippen molar-refractivity contribution in [1.82, 2.24) is 9.47 Å². The Hall–Kier alpha value is -1.13. The van der Waals surface area contributed by atoms with Crippen molar-refractivity contribution in [3.05, 3.63) is 34.2 Å². The lowest BCUT2D eigenvalue weighted by atomic mass is 10.2. The minimum Gasteiger partial charge on any atom is -0.374 e. The van der Waals surface area contributed by atoms with Gasteiger partial charge < -0.3 is 9.30 Å². The molecule has 1 saturated heterocycles. The van der Waals surface area contributed by atoms with Gasteiger partial charge in [0.25, 0.3) is 5.56 Å². The third-order valence-corrected chi connectivity index (χ3v) is 3.28. The Kier molecular flexibility index (Phi) is 3.97. The molecular formula is C13H20N2O2. The standard InChI is InChI=1S/C13H20N2O2/c1-3-14-7-8-17-12(9-14)10-15-6-4-5-11(2)13(15)16/h4-6,12H,3,7-10H2,1-2H3. The summed E-state index contributed by atoms with van der Waals surface area (Å²) < 4.78 is 7.46. The molecule has 1 aromatic heterocycles. The number of hydrogen-bond donors (Lipinski definition) is 0. The van der Waals surface area contributed by atoms with E-state index in [-0.39, 0.29) is 11.7 Å². The summed E-state index contributed by atoms with van der Waals surface area (Å²) in [4.78, 5) is 14.2. The number of morpholine rings is 1. The maximum absolute atomic E-state index is 11.9. The Morgan fingerprint density at radius 3 is 3.12 bits per heavy atom. The van der Waals surface area contributed by atoms with E-state index in [2.05, 4.69) is 11.8 Å². The van der Waals surface area contributed by atoms with Crippen LogP contribution in [0.4, 0.5) is 0 Å². The second-order valence-electron chi connectivity index (χ2n) is 4.53. The molecule has 2 rings (SSSR count). The van der Waals surface area contributed by atoms with Crippen molar-refractivity contribution < 1.29 is 4.74 Å². The van der Waals surface area contributed by atoms with E-state index in [0.29, 0.717) is 6.54 Å². The molecule has 0 saturated carbocycles. The van der Waals surface area contributed by atoms with E-state index in [1.165, 1.54) is 0 Å². The fourth-order valence-corrected chi connectivity index (χ4v) is 2.20. The topological polar surface area (TPSA) is 34.5 Å². The summed E-state index contributed by atoms with van der Waals surface area (Å²) in [7, 11) is 0. The molecule has 1 aromatic rings. The van der Waals surface area contributed by atoms with E-state index < -0.39 is 0 Å². The first kappa shape index (κ1) is 12.3. The van der Waals surface area contributed by atoms with E-state index in [0.717, 1.165) is 31.8 Å². The third kappa shape index (κ3) is 2.96. The van der Waals surface area contributed by atoms with Crippen LogP contribution >= 0.6 is 0 Å². The second kappa shape index (κ2) is 5.47. The molecule has 17 heavy (non-hydrogen) atoms. The molecule has 0 spiro atoms. The zero-order chi connectivity index (χ0) is 12.3. The van der Waals surface area contributed by atoms with E-state index in [1.807, 2.05) is 25.3 Å². The van der Waals surface area contributed by atoms with Gasteiger partial charge in [-0.15, -0.1) is 0 Å². The average molecular weight is 236 g/mol. The van der Waals surface area contributed by atoms with Crippen molar-refractivity contribution in [2.24, 2.45) is 0 Å². The molecule has 4 heteroatoms. The number of nitrogens with zero attached hydrogens (tertiary/aromatic N) is 2. The van der Waals surface area contributed by atoms with Gasteiger partial charge in [0.1, 0.15) is 0 Å². The van der Waals surface area contributed by atoms with Gasteiger partial charge in [-0.2, -0.15) is 0 Å². The summed E-state index contributed by atoms with van der Waals surface area (Å²) in [5.74, 6) is 0. The van der Waals surface area contributed by atoms with E-state index >= 15 is 0 Å². The van der Waals surface area contributed by atoms with Gasteiger partial charge in [0.05, 0.1) is 19.3 Å². The molecule has 1 atom stereocenters. The number of aromatic nitrogens is 1. The van der Waals surface area contributed by atoms with Crippen LogP contribution in [-0.4, -0.2) is 41.8 Å². The number of rotatable bonds is 3. The highest BCUT2D eigenvalue weighted by atomic mass is 16.5. The predicted molar refractivity (Wildman–Crippen MR) is 67.3 cm³/mol. The monoisotopic (exact) mass is 236 g/mol. The van der Waals surface area contributed by atoms with Gasteiger partial charge in [-0.05, 0) is 19.5 Å². The van der Waals surface area contributed by atoms with Crippen LogP contribution in [0.3, 0.4) is 0 Å². The van der Waals surface area contributed by atoms with Gasteiger partial charge in [-0.3, -0.25) is 9.69 Å². The van der Waals surface area contributed by atoms with Gasteiger partial charge in [-0.25, -0.2) is 0 Å². The molecule has 0 bridgehead atoms. The first-order valence-corrected chi connectivity index (χ1v) is 6.20. The van der Waals surface area contributed by atoms with E-state index in [4.69, 9.17) is 4.74 Å². The molecule has 0 amide bonds. The highest BCUT2D eigenvalue weighted by Crippen LogP contribution is 2.06. The Balaban J connectivity index is 2.05. The fraction of sp³-hybridized carbons (Fsp3) is 0.615. The van der Waals surface area contributed by atoms with Crippen molar-refractivity contribution >= 4 is 0 Å². The minimum atomic E-state index is 0.0877. The highest BCUT2D eigenvalue weighted by Gasteiger charge is 2.19. The lowest BCUT2D eigenvalue weighted by Gasteiger charge is -2.32. The lowest BCUT2D eigenvalue weighted by molar-refractivity contribution is -0.0347. The van der Waals surface area contributed by atoms with Crippen LogP contribution in [-0.2, 0) is 11.3 Å². The average Bonchev–Trinajstić information content (AvgIpc) is 2.35. The molecule has 0 aromatic carbocycles. The molecule has 0 aliphatic carbocycles. The van der Waals surface area contributed by atoms with Crippen molar-refractivity contribution in [2.45, 2.75) is 26.5 Å². The zero-order valence-electron chi connectivity index (χ0n) is 10.6. The van der Waals surface area contributed by atoms with Crippen molar-refractivity contribution in [3.63, 3.8) is 0 Å². The number of likely N-dealkylation sites (N-methyl/N-ethyl adjacent to an activating group) is 1. The van der Waals surface area contributed by atoms with E-state index in [9.17, 15) is 4.79 Å². The molecule has 1 fully saturated rings. The van der Waals surface area contributed by atoms with Crippen molar-refractivity contribution in [3.8, 4) is 0 Å². The van der Waals surface area contributed by atoms with Gasteiger partial charge >= 0.3 is 0 Å². The van der Waals surface area contributed by atoms with Crippen LogP contribution in [0.5, 0.6) is 0 Å².